The summed E-state index contributed by atoms with van der Waals surface area (Å²) in [5.74, 6) is -1.00. The molecule has 1 unspecified atom stereocenters. The molecule has 1 fully saturated rings. The third-order valence-electron chi connectivity index (χ3n) is 2.15. The highest BCUT2D eigenvalue weighted by Crippen LogP contribution is 2.26. The van der Waals surface area contributed by atoms with Gasteiger partial charge in [-0.05, 0) is 13.3 Å². The molecule has 5 heteroatoms. The second-order valence-corrected chi connectivity index (χ2v) is 3.25. The van der Waals surface area contributed by atoms with Crippen LogP contribution in [0.3, 0.4) is 0 Å². The van der Waals surface area contributed by atoms with Crippen LogP contribution in [0.4, 0.5) is 0 Å². The Kier molecular flexibility index (Phi) is 3.24. The lowest BCUT2D eigenvalue weighted by Crippen LogP contribution is -2.50. The zero-order valence-corrected chi connectivity index (χ0v) is 8.04. The third kappa shape index (κ3) is 1.93. The Balaban J connectivity index is 2.66. The van der Waals surface area contributed by atoms with Crippen LogP contribution in [0.2, 0.25) is 0 Å². The second kappa shape index (κ2) is 4.23. The molecule has 0 bridgehead atoms. The maximum absolute atomic E-state index is 11.5. The largest absolute Gasteiger partial charge is 0.461 e. The van der Waals surface area contributed by atoms with E-state index in [0.29, 0.717) is 13.0 Å². The maximum Gasteiger partial charge on any atom is 0.321 e. The summed E-state index contributed by atoms with van der Waals surface area (Å²) < 4.78 is 4.83. The number of carbonyl (C=O) groups excluding carboxylic acids is 2. The Hall–Kier alpha value is -1.36. The molecule has 0 aliphatic carbocycles. The van der Waals surface area contributed by atoms with E-state index in [9.17, 15) is 9.59 Å². The Bertz CT molecular complexity index is 264. The number of esters is 1. The summed E-state index contributed by atoms with van der Waals surface area (Å²) in [6.07, 6.45) is 1.79. The van der Waals surface area contributed by atoms with Crippen molar-refractivity contribution < 1.29 is 19.2 Å². The number of ether oxygens (including phenoxy) is 1. The van der Waals surface area contributed by atoms with Crippen LogP contribution in [-0.4, -0.2) is 25.1 Å². The first-order valence-corrected chi connectivity index (χ1v) is 4.31. The molecular weight excluding hydrogens is 186 g/mol. The first-order valence-electron chi connectivity index (χ1n) is 4.31. The van der Waals surface area contributed by atoms with Gasteiger partial charge >= 0.3 is 5.97 Å². The Morgan fingerprint density at radius 2 is 2.57 bits per heavy atom. The lowest BCUT2D eigenvalue weighted by Gasteiger charge is -2.29. The smallest absolute Gasteiger partial charge is 0.321 e. The van der Waals surface area contributed by atoms with Crippen molar-refractivity contribution in [3.05, 3.63) is 12.7 Å². The molecular formula is C9H13NO4. The van der Waals surface area contributed by atoms with E-state index in [1.54, 1.807) is 0 Å². The van der Waals surface area contributed by atoms with Crippen LogP contribution >= 0.6 is 0 Å². The van der Waals surface area contributed by atoms with Gasteiger partial charge in [0.05, 0.1) is 6.61 Å². The van der Waals surface area contributed by atoms with Crippen molar-refractivity contribution in [1.29, 1.82) is 0 Å². The van der Waals surface area contributed by atoms with Crippen LogP contribution in [-0.2, 0) is 19.2 Å². The highest BCUT2D eigenvalue weighted by atomic mass is 16.7. The minimum atomic E-state index is -1.14. The van der Waals surface area contributed by atoms with E-state index < -0.39 is 17.3 Å². The molecule has 78 valence electrons. The van der Waals surface area contributed by atoms with Crippen molar-refractivity contribution in [3.8, 4) is 0 Å². The number of rotatable bonds is 3. The summed E-state index contributed by atoms with van der Waals surface area (Å²) in [5.41, 5.74) is 1.03. The van der Waals surface area contributed by atoms with E-state index in [2.05, 4.69) is 12.1 Å². The molecule has 1 aliphatic rings. The number of carbonyl (C=O) groups is 2. The molecule has 1 rings (SSSR count). The van der Waals surface area contributed by atoms with Gasteiger partial charge in [-0.15, -0.1) is 0 Å². The number of amides is 1. The molecule has 1 amide bonds. The normalized spacial score (nSPS) is 26.5. The maximum atomic E-state index is 11.5. The van der Waals surface area contributed by atoms with Crippen molar-refractivity contribution >= 4 is 11.9 Å². The van der Waals surface area contributed by atoms with E-state index in [0.717, 1.165) is 0 Å². The van der Waals surface area contributed by atoms with Crippen molar-refractivity contribution in [3.63, 3.8) is 0 Å². The molecule has 0 aromatic heterocycles. The quantitative estimate of drug-likeness (QED) is 0.400. The fourth-order valence-corrected chi connectivity index (χ4v) is 1.09. The van der Waals surface area contributed by atoms with E-state index >= 15 is 0 Å². The lowest BCUT2D eigenvalue weighted by atomic mass is 9.85. The first kappa shape index (κ1) is 10.7. The van der Waals surface area contributed by atoms with E-state index in [1.165, 1.54) is 13.0 Å². The standard InChI is InChI=1S/C9H13NO4/c1-3-5-13-8(12)9(2)4-6-14-10-7(9)11/h3H,1,4-6H2,2H3,(H,10,11). The Labute approximate surface area is 82.0 Å². The van der Waals surface area contributed by atoms with Gasteiger partial charge in [0.2, 0.25) is 0 Å². The molecule has 1 saturated heterocycles. The van der Waals surface area contributed by atoms with Crippen molar-refractivity contribution in [2.24, 2.45) is 5.41 Å². The highest BCUT2D eigenvalue weighted by Gasteiger charge is 2.44. The molecule has 1 atom stereocenters. The van der Waals surface area contributed by atoms with Gasteiger partial charge < -0.3 is 4.74 Å². The summed E-state index contributed by atoms with van der Waals surface area (Å²) in [5, 5.41) is 0. The summed E-state index contributed by atoms with van der Waals surface area (Å²) in [7, 11) is 0. The van der Waals surface area contributed by atoms with Crippen molar-refractivity contribution in [1.82, 2.24) is 5.48 Å². The van der Waals surface area contributed by atoms with Crippen LogP contribution in [0.1, 0.15) is 13.3 Å². The fraction of sp³-hybridized carbons (Fsp3) is 0.556. The molecule has 1 heterocycles. The summed E-state index contributed by atoms with van der Waals surface area (Å²) in [4.78, 5) is 27.6. The molecule has 1 aliphatic heterocycles. The van der Waals surface area contributed by atoms with Gasteiger partial charge in [0.15, 0.2) is 0 Å². The third-order valence-corrected chi connectivity index (χ3v) is 2.15. The predicted molar refractivity (Wildman–Crippen MR) is 48.0 cm³/mol. The molecule has 0 spiro atoms. The fourth-order valence-electron chi connectivity index (χ4n) is 1.09. The minimum Gasteiger partial charge on any atom is -0.461 e. The highest BCUT2D eigenvalue weighted by molar-refractivity contribution is 6.02. The first-order chi connectivity index (χ1) is 6.61. The average molecular weight is 199 g/mol. The van der Waals surface area contributed by atoms with Gasteiger partial charge in [0.1, 0.15) is 12.0 Å². The van der Waals surface area contributed by atoms with Crippen molar-refractivity contribution in [2.75, 3.05) is 13.2 Å². The number of nitrogens with one attached hydrogen (secondary N) is 1. The van der Waals surface area contributed by atoms with Gasteiger partial charge in [0, 0.05) is 0 Å². The van der Waals surface area contributed by atoms with Crippen LogP contribution in [0.15, 0.2) is 12.7 Å². The molecule has 0 saturated carbocycles. The lowest BCUT2D eigenvalue weighted by molar-refractivity contribution is -0.172. The van der Waals surface area contributed by atoms with E-state index in [4.69, 9.17) is 9.57 Å². The molecule has 1 N–H and O–H groups in total. The topological polar surface area (TPSA) is 64.6 Å². The molecule has 0 aromatic rings. The Morgan fingerprint density at radius 1 is 1.86 bits per heavy atom. The van der Waals surface area contributed by atoms with Gasteiger partial charge in [0.25, 0.3) is 5.91 Å². The van der Waals surface area contributed by atoms with Gasteiger partial charge in [-0.3, -0.25) is 14.4 Å². The molecule has 5 nitrogen and oxygen atoms in total. The summed E-state index contributed by atoms with van der Waals surface area (Å²) in [6.45, 7) is 5.38. The van der Waals surface area contributed by atoms with Gasteiger partial charge in [-0.25, -0.2) is 5.48 Å². The van der Waals surface area contributed by atoms with Crippen LogP contribution in [0, 0.1) is 5.41 Å². The van der Waals surface area contributed by atoms with Crippen LogP contribution in [0.25, 0.3) is 0 Å². The van der Waals surface area contributed by atoms with Gasteiger partial charge in [-0.1, -0.05) is 12.7 Å². The zero-order valence-electron chi connectivity index (χ0n) is 8.04. The zero-order chi connectivity index (χ0) is 10.6. The predicted octanol–water partition coefficient (Wildman–Crippen LogP) is 0.173. The number of hydrogen-bond donors (Lipinski definition) is 1. The van der Waals surface area contributed by atoms with Crippen molar-refractivity contribution in [2.45, 2.75) is 13.3 Å². The van der Waals surface area contributed by atoms with Gasteiger partial charge in [-0.2, -0.15) is 0 Å². The van der Waals surface area contributed by atoms with Crippen LogP contribution in [0.5, 0.6) is 0 Å². The van der Waals surface area contributed by atoms with Crippen LogP contribution < -0.4 is 5.48 Å². The average Bonchev–Trinajstić information content (AvgIpc) is 2.19. The Morgan fingerprint density at radius 3 is 3.14 bits per heavy atom. The number of hydroxylamine groups is 1. The molecule has 14 heavy (non-hydrogen) atoms. The molecule has 0 radical (unpaired) electrons. The monoisotopic (exact) mass is 199 g/mol. The SMILES string of the molecule is C=CCOC(=O)C1(C)CCONC1=O. The molecule has 0 aromatic carbocycles. The van der Waals surface area contributed by atoms with E-state index in [1.807, 2.05) is 0 Å². The summed E-state index contributed by atoms with van der Waals surface area (Å²) in [6, 6.07) is 0. The second-order valence-electron chi connectivity index (χ2n) is 3.25. The van der Waals surface area contributed by atoms with E-state index in [-0.39, 0.29) is 6.61 Å². The summed E-state index contributed by atoms with van der Waals surface area (Å²) >= 11 is 0. The minimum absolute atomic E-state index is 0.114. The number of hydrogen-bond acceptors (Lipinski definition) is 4.